The Morgan fingerprint density at radius 2 is 1.64 bits per heavy atom. The molecule has 0 aromatic carbocycles. The van der Waals surface area contributed by atoms with Crippen LogP contribution in [0.15, 0.2) is 12.4 Å². The van der Waals surface area contributed by atoms with Crippen molar-refractivity contribution in [3.8, 4) is 0 Å². The minimum absolute atomic E-state index is 0.428. The van der Waals surface area contributed by atoms with Crippen molar-refractivity contribution in [2.45, 2.75) is 24.8 Å². The number of nitrogens with zero attached hydrogens (tertiary/aromatic N) is 2. The number of rotatable bonds is 4. The zero-order valence-electron chi connectivity index (χ0n) is 10.4. The summed E-state index contributed by atoms with van der Waals surface area (Å²) in [7, 11) is 0. The fourth-order valence-electron chi connectivity index (χ4n) is 1.26. The summed E-state index contributed by atoms with van der Waals surface area (Å²) in [5, 5.41) is 10.1. The maximum Gasteiger partial charge on any atom is 0.451 e. The molecule has 0 spiro atoms. The number of carboxylic acids is 1. The Morgan fingerprint density at radius 1 is 1.14 bits per heavy atom. The Hall–Kier alpha value is -2.40. The summed E-state index contributed by atoms with van der Waals surface area (Å²) in [6.07, 6.45) is -10.7. The van der Waals surface area contributed by atoms with E-state index in [2.05, 4.69) is 9.97 Å². The highest BCUT2D eigenvalue weighted by molar-refractivity contribution is 5.96. The predicted octanol–water partition coefficient (Wildman–Crippen LogP) is 1.63. The quantitative estimate of drug-likeness (QED) is 0.818. The molecule has 0 saturated heterocycles. The fourth-order valence-corrected chi connectivity index (χ4v) is 1.26. The molecule has 1 heterocycles. The number of amides is 1. The van der Waals surface area contributed by atoms with Crippen LogP contribution in [0.4, 0.5) is 26.3 Å². The Kier molecular flexibility index (Phi) is 4.94. The Labute approximate surface area is 118 Å². The van der Waals surface area contributed by atoms with Gasteiger partial charge in [0.05, 0.1) is 12.0 Å². The van der Waals surface area contributed by atoms with Gasteiger partial charge in [-0.25, -0.2) is 14.8 Å². The van der Waals surface area contributed by atoms with Crippen molar-refractivity contribution in [1.82, 2.24) is 15.3 Å². The van der Waals surface area contributed by atoms with Crippen molar-refractivity contribution >= 4 is 11.9 Å². The molecule has 1 atom stereocenters. The SMILES string of the molecule is O=C(NC(CC(F)(F)F)C(=O)O)c1cnc(C(F)(F)F)nc1. The van der Waals surface area contributed by atoms with Crippen molar-refractivity contribution in [3.05, 3.63) is 23.8 Å². The van der Waals surface area contributed by atoms with Crippen molar-refractivity contribution in [3.63, 3.8) is 0 Å². The number of halogens is 6. The third-order valence-electron chi connectivity index (χ3n) is 2.21. The van der Waals surface area contributed by atoms with Crippen LogP contribution in [0.2, 0.25) is 0 Å². The number of nitrogens with one attached hydrogen (secondary N) is 1. The largest absolute Gasteiger partial charge is 0.480 e. The first-order valence-electron chi connectivity index (χ1n) is 5.40. The van der Waals surface area contributed by atoms with E-state index < -0.39 is 48.1 Å². The number of alkyl halides is 6. The molecule has 0 fully saturated rings. The maximum atomic E-state index is 12.2. The zero-order chi connectivity index (χ0) is 17.1. The summed E-state index contributed by atoms with van der Waals surface area (Å²) in [5.41, 5.74) is -0.610. The average molecular weight is 331 g/mol. The van der Waals surface area contributed by atoms with Gasteiger partial charge < -0.3 is 10.4 Å². The van der Waals surface area contributed by atoms with Crippen LogP contribution in [0.3, 0.4) is 0 Å². The van der Waals surface area contributed by atoms with Gasteiger partial charge in [-0.15, -0.1) is 0 Å². The van der Waals surface area contributed by atoms with Crippen LogP contribution in [0.5, 0.6) is 0 Å². The third-order valence-corrected chi connectivity index (χ3v) is 2.21. The van der Waals surface area contributed by atoms with Crippen LogP contribution in [0.25, 0.3) is 0 Å². The maximum absolute atomic E-state index is 12.2. The van der Waals surface area contributed by atoms with Gasteiger partial charge in [0.2, 0.25) is 5.82 Å². The fraction of sp³-hybridized carbons (Fsp3) is 0.400. The number of hydrogen-bond donors (Lipinski definition) is 2. The van der Waals surface area contributed by atoms with E-state index in [4.69, 9.17) is 5.11 Å². The van der Waals surface area contributed by atoms with Crippen LogP contribution in [0.1, 0.15) is 22.6 Å². The number of aliphatic carboxylic acids is 1. The zero-order valence-corrected chi connectivity index (χ0v) is 10.4. The summed E-state index contributed by atoms with van der Waals surface area (Å²) in [6.45, 7) is 0. The van der Waals surface area contributed by atoms with Crippen molar-refractivity contribution in [2.75, 3.05) is 0 Å². The Morgan fingerprint density at radius 3 is 2.00 bits per heavy atom. The average Bonchev–Trinajstić information content (AvgIpc) is 2.35. The minimum atomic E-state index is -4.85. The third kappa shape index (κ3) is 5.18. The lowest BCUT2D eigenvalue weighted by Gasteiger charge is -2.16. The van der Waals surface area contributed by atoms with E-state index in [9.17, 15) is 35.9 Å². The van der Waals surface area contributed by atoms with E-state index in [1.54, 1.807) is 0 Å². The molecule has 0 radical (unpaired) electrons. The monoisotopic (exact) mass is 331 g/mol. The summed E-state index contributed by atoms with van der Waals surface area (Å²) in [6, 6.07) is -2.28. The lowest BCUT2D eigenvalue weighted by Crippen LogP contribution is -2.43. The second-order valence-corrected chi connectivity index (χ2v) is 3.98. The molecule has 0 bridgehead atoms. The molecule has 22 heavy (non-hydrogen) atoms. The van der Waals surface area contributed by atoms with E-state index in [1.807, 2.05) is 0 Å². The lowest BCUT2D eigenvalue weighted by molar-refractivity contribution is -0.157. The molecule has 0 saturated carbocycles. The summed E-state index contributed by atoms with van der Waals surface area (Å²) in [4.78, 5) is 27.8. The molecule has 1 rings (SSSR count). The summed E-state index contributed by atoms with van der Waals surface area (Å²) in [5.74, 6) is -4.84. The highest BCUT2D eigenvalue weighted by Crippen LogP contribution is 2.25. The molecule has 0 aliphatic rings. The van der Waals surface area contributed by atoms with Crippen LogP contribution >= 0.6 is 0 Å². The highest BCUT2D eigenvalue weighted by atomic mass is 19.4. The van der Waals surface area contributed by atoms with Gasteiger partial charge in [-0.05, 0) is 0 Å². The van der Waals surface area contributed by atoms with Crippen LogP contribution in [-0.2, 0) is 11.0 Å². The number of carbonyl (C=O) groups excluding carboxylic acids is 1. The number of carbonyl (C=O) groups is 2. The van der Waals surface area contributed by atoms with Crippen LogP contribution < -0.4 is 5.32 Å². The number of hydrogen-bond acceptors (Lipinski definition) is 4. The lowest BCUT2D eigenvalue weighted by atomic mass is 10.2. The van der Waals surface area contributed by atoms with Gasteiger partial charge in [0.1, 0.15) is 6.04 Å². The van der Waals surface area contributed by atoms with Crippen LogP contribution in [0, 0.1) is 0 Å². The van der Waals surface area contributed by atoms with E-state index >= 15 is 0 Å². The molecule has 0 aliphatic heterocycles. The van der Waals surface area contributed by atoms with Crippen molar-refractivity contribution < 1.29 is 41.0 Å². The molecule has 1 amide bonds. The molecule has 12 heteroatoms. The molecule has 1 unspecified atom stereocenters. The number of aromatic nitrogens is 2. The molecule has 6 nitrogen and oxygen atoms in total. The van der Waals surface area contributed by atoms with Crippen molar-refractivity contribution in [1.29, 1.82) is 0 Å². The van der Waals surface area contributed by atoms with E-state index in [1.165, 1.54) is 5.32 Å². The second-order valence-electron chi connectivity index (χ2n) is 3.98. The normalized spacial score (nSPS) is 13.5. The first-order valence-corrected chi connectivity index (χ1v) is 5.40. The molecular weight excluding hydrogens is 324 g/mol. The van der Waals surface area contributed by atoms with E-state index in [-0.39, 0.29) is 0 Å². The molecule has 0 aliphatic carbocycles. The highest BCUT2D eigenvalue weighted by Gasteiger charge is 2.37. The van der Waals surface area contributed by atoms with Gasteiger partial charge in [0, 0.05) is 12.4 Å². The van der Waals surface area contributed by atoms with Gasteiger partial charge >= 0.3 is 18.3 Å². The topological polar surface area (TPSA) is 92.2 Å². The molecule has 1 aromatic rings. The van der Waals surface area contributed by atoms with E-state index in [0.29, 0.717) is 12.4 Å². The van der Waals surface area contributed by atoms with Crippen molar-refractivity contribution in [2.24, 2.45) is 0 Å². The Bertz CT molecular complexity index is 555. The van der Waals surface area contributed by atoms with Gasteiger partial charge in [-0.3, -0.25) is 4.79 Å². The van der Waals surface area contributed by atoms with E-state index in [0.717, 1.165) is 0 Å². The van der Waals surface area contributed by atoms with Gasteiger partial charge in [0.15, 0.2) is 0 Å². The van der Waals surface area contributed by atoms with Gasteiger partial charge in [-0.2, -0.15) is 26.3 Å². The van der Waals surface area contributed by atoms with Gasteiger partial charge in [-0.1, -0.05) is 0 Å². The Balaban J connectivity index is 2.85. The van der Waals surface area contributed by atoms with Gasteiger partial charge in [0.25, 0.3) is 5.91 Å². The predicted molar refractivity (Wildman–Crippen MR) is 56.6 cm³/mol. The van der Waals surface area contributed by atoms with Crippen LogP contribution in [-0.4, -0.2) is 39.2 Å². The smallest absolute Gasteiger partial charge is 0.451 e. The number of carboxylic acid groups (broad SMARTS) is 1. The standard InChI is InChI=1S/C10H7F6N3O3/c11-9(12,13)1-5(7(21)22)19-6(20)4-2-17-8(18-3-4)10(14,15)16/h2-3,5H,1H2,(H,19,20)(H,21,22). The summed E-state index contributed by atoms with van der Waals surface area (Å²) < 4.78 is 73.0. The second kappa shape index (κ2) is 6.15. The first kappa shape index (κ1) is 17.7. The summed E-state index contributed by atoms with van der Waals surface area (Å²) >= 11 is 0. The minimum Gasteiger partial charge on any atom is -0.480 e. The molecule has 2 N–H and O–H groups in total. The molecular formula is C10H7F6N3O3. The first-order chi connectivity index (χ1) is 9.90. The molecule has 1 aromatic heterocycles. The molecule has 122 valence electrons.